The summed E-state index contributed by atoms with van der Waals surface area (Å²) < 4.78 is 5.90. The van der Waals surface area contributed by atoms with E-state index in [4.69, 9.17) is 4.74 Å². The maximum atomic E-state index is 12.5. The van der Waals surface area contributed by atoms with Gasteiger partial charge in [-0.3, -0.25) is 9.78 Å². The summed E-state index contributed by atoms with van der Waals surface area (Å²) in [5.74, 6) is -0.339. The first kappa shape index (κ1) is 15.4. The van der Waals surface area contributed by atoms with Gasteiger partial charge in [-0.05, 0) is 36.6 Å². The molecule has 1 atom stereocenters. The summed E-state index contributed by atoms with van der Waals surface area (Å²) in [6.07, 6.45) is 6.78. The number of rotatable bonds is 4. The Bertz CT molecular complexity index is 663. The molecule has 2 aromatic rings. The van der Waals surface area contributed by atoms with Crippen LogP contribution in [-0.4, -0.2) is 45.1 Å². The lowest BCUT2D eigenvalue weighted by molar-refractivity contribution is -0.00705. The maximum absolute atomic E-state index is 12.5. The van der Waals surface area contributed by atoms with Crippen LogP contribution in [0, 0.1) is 0 Å². The third-order valence-corrected chi connectivity index (χ3v) is 3.86. The SMILES string of the molecule is O=C(c1ncccc1O)N1CCC[C@H](OCc2cccnc2)C1. The van der Waals surface area contributed by atoms with Gasteiger partial charge in [-0.2, -0.15) is 0 Å². The molecule has 6 nitrogen and oxygen atoms in total. The molecular weight excluding hydrogens is 294 g/mol. The van der Waals surface area contributed by atoms with Crippen LogP contribution in [0.25, 0.3) is 0 Å². The van der Waals surface area contributed by atoms with Crippen LogP contribution in [0.2, 0.25) is 0 Å². The van der Waals surface area contributed by atoms with Crippen LogP contribution in [0.4, 0.5) is 0 Å². The van der Waals surface area contributed by atoms with Crippen LogP contribution in [0.3, 0.4) is 0 Å². The summed E-state index contributed by atoms with van der Waals surface area (Å²) in [7, 11) is 0. The first-order valence-electron chi connectivity index (χ1n) is 7.68. The second kappa shape index (κ2) is 7.19. The third kappa shape index (κ3) is 3.84. The average Bonchev–Trinajstić information content (AvgIpc) is 2.61. The van der Waals surface area contributed by atoms with E-state index in [-0.39, 0.29) is 23.5 Å². The largest absolute Gasteiger partial charge is 0.505 e. The highest BCUT2D eigenvalue weighted by Gasteiger charge is 2.27. The number of aromatic nitrogens is 2. The zero-order valence-corrected chi connectivity index (χ0v) is 12.8. The number of ether oxygens (including phenoxy) is 1. The molecule has 1 amide bonds. The summed E-state index contributed by atoms with van der Waals surface area (Å²) in [5.41, 5.74) is 1.11. The van der Waals surface area contributed by atoms with E-state index >= 15 is 0 Å². The molecule has 1 fully saturated rings. The Morgan fingerprint density at radius 2 is 2.22 bits per heavy atom. The van der Waals surface area contributed by atoms with Crippen molar-refractivity contribution in [3.63, 3.8) is 0 Å². The first-order valence-corrected chi connectivity index (χ1v) is 7.68. The van der Waals surface area contributed by atoms with Crippen molar-refractivity contribution in [3.05, 3.63) is 54.1 Å². The number of pyridine rings is 2. The normalized spacial score (nSPS) is 17.9. The van der Waals surface area contributed by atoms with Crippen molar-refractivity contribution in [2.24, 2.45) is 0 Å². The van der Waals surface area contributed by atoms with Gasteiger partial charge in [0.1, 0.15) is 5.75 Å². The molecule has 23 heavy (non-hydrogen) atoms. The van der Waals surface area contributed by atoms with Crippen molar-refractivity contribution in [2.75, 3.05) is 13.1 Å². The van der Waals surface area contributed by atoms with Gasteiger partial charge in [0.25, 0.3) is 5.91 Å². The van der Waals surface area contributed by atoms with E-state index in [1.807, 2.05) is 12.1 Å². The number of hydrogen-bond acceptors (Lipinski definition) is 5. The molecule has 1 saturated heterocycles. The van der Waals surface area contributed by atoms with Crippen molar-refractivity contribution in [1.29, 1.82) is 0 Å². The van der Waals surface area contributed by atoms with Gasteiger partial charge in [-0.1, -0.05) is 6.07 Å². The minimum atomic E-state index is -0.252. The van der Waals surface area contributed by atoms with Gasteiger partial charge in [-0.25, -0.2) is 4.98 Å². The number of nitrogens with zero attached hydrogens (tertiary/aromatic N) is 3. The average molecular weight is 313 g/mol. The molecular formula is C17H19N3O3. The molecule has 0 aliphatic carbocycles. The fourth-order valence-electron chi connectivity index (χ4n) is 2.67. The molecule has 0 saturated carbocycles. The molecule has 1 aliphatic rings. The molecule has 120 valence electrons. The lowest BCUT2D eigenvalue weighted by Gasteiger charge is -2.32. The van der Waals surface area contributed by atoms with Gasteiger partial charge in [0.15, 0.2) is 5.69 Å². The van der Waals surface area contributed by atoms with E-state index in [1.54, 1.807) is 23.4 Å². The second-order valence-corrected chi connectivity index (χ2v) is 5.56. The Hall–Kier alpha value is -2.47. The first-order chi connectivity index (χ1) is 11.2. The van der Waals surface area contributed by atoms with E-state index in [2.05, 4.69) is 9.97 Å². The Labute approximate surface area is 134 Å². The number of amides is 1. The van der Waals surface area contributed by atoms with Crippen LogP contribution in [-0.2, 0) is 11.3 Å². The van der Waals surface area contributed by atoms with E-state index in [0.717, 1.165) is 18.4 Å². The standard InChI is InChI=1S/C17H19N3O3/c21-15-6-2-8-19-16(15)17(22)20-9-3-5-14(11-20)23-12-13-4-1-7-18-10-13/h1-2,4,6-8,10,14,21H,3,5,9,11-12H2/t14-/m0/s1. The predicted molar refractivity (Wildman–Crippen MR) is 83.9 cm³/mol. The van der Waals surface area contributed by atoms with Crippen LogP contribution in [0.5, 0.6) is 5.75 Å². The van der Waals surface area contributed by atoms with Crippen molar-refractivity contribution >= 4 is 5.91 Å². The van der Waals surface area contributed by atoms with Crippen LogP contribution < -0.4 is 0 Å². The fourth-order valence-corrected chi connectivity index (χ4v) is 2.67. The van der Waals surface area contributed by atoms with E-state index < -0.39 is 0 Å². The Morgan fingerprint density at radius 3 is 3.00 bits per heavy atom. The summed E-state index contributed by atoms with van der Waals surface area (Å²) >= 11 is 0. The van der Waals surface area contributed by atoms with Gasteiger partial charge in [0, 0.05) is 31.7 Å². The number of piperidine rings is 1. The number of aromatic hydroxyl groups is 1. The second-order valence-electron chi connectivity index (χ2n) is 5.56. The van der Waals surface area contributed by atoms with E-state index in [0.29, 0.717) is 19.7 Å². The highest BCUT2D eigenvalue weighted by molar-refractivity contribution is 5.94. The minimum Gasteiger partial charge on any atom is -0.505 e. The molecule has 1 N–H and O–H groups in total. The Morgan fingerprint density at radius 1 is 1.35 bits per heavy atom. The lowest BCUT2D eigenvalue weighted by atomic mass is 10.1. The van der Waals surface area contributed by atoms with Gasteiger partial charge in [0.2, 0.25) is 0 Å². The number of carbonyl (C=O) groups excluding carboxylic acids is 1. The monoisotopic (exact) mass is 313 g/mol. The predicted octanol–water partition coefficient (Wildman–Crippen LogP) is 2.00. The minimum absolute atomic E-state index is 0.0150. The zero-order chi connectivity index (χ0) is 16.1. The molecule has 0 aromatic carbocycles. The van der Waals surface area contributed by atoms with Gasteiger partial charge >= 0.3 is 0 Å². The summed E-state index contributed by atoms with van der Waals surface area (Å²) in [6.45, 7) is 1.64. The van der Waals surface area contributed by atoms with Crippen molar-refractivity contribution in [1.82, 2.24) is 14.9 Å². The van der Waals surface area contributed by atoms with Crippen LogP contribution in [0.1, 0.15) is 28.9 Å². The molecule has 3 rings (SSSR count). The molecule has 3 heterocycles. The van der Waals surface area contributed by atoms with Crippen molar-refractivity contribution < 1.29 is 14.6 Å². The molecule has 0 bridgehead atoms. The quantitative estimate of drug-likeness (QED) is 0.934. The van der Waals surface area contributed by atoms with Crippen molar-refractivity contribution in [2.45, 2.75) is 25.6 Å². The molecule has 1 aliphatic heterocycles. The van der Waals surface area contributed by atoms with Gasteiger partial charge < -0.3 is 14.7 Å². The topological polar surface area (TPSA) is 75.5 Å². The molecule has 0 spiro atoms. The Kier molecular flexibility index (Phi) is 4.83. The lowest BCUT2D eigenvalue weighted by Crippen LogP contribution is -2.43. The Balaban J connectivity index is 1.60. The van der Waals surface area contributed by atoms with Gasteiger partial charge in [0.05, 0.1) is 12.7 Å². The van der Waals surface area contributed by atoms with E-state index in [1.165, 1.54) is 12.3 Å². The number of hydrogen-bond donors (Lipinski definition) is 1. The number of likely N-dealkylation sites (tertiary alicyclic amines) is 1. The molecule has 6 heteroatoms. The maximum Gasteiger partial charge on any atom is 0.276 e. The third-order valence-electron chi connectivity index (χ3n) is 3.86. The summed E-state index contributed by atoms with van der Waals surface area (Å²) in [4.78, 5) is 22.2. The highest BCUT2D eigenvalue weighted by Crippen LogP contribution is 2.20. The number of carbonyl (C=O) groups is 1. The van der Waals surface area contributed by atoms with Crippen LogP contribution >= 0.6 is 0 Å². The summed E-state index contributed by atoms with van der Waals surface area (Å²) in [5, 5.41) is 9.78. The smallest absolute Gasteiger partial charge is 0.276 e. The van der Waals surface area contributed by atoms with Crippen LogP contribution in [0.15, 0.2) is 42.9 Å². The molecule has 0 radical (unpaired) electrons. The molecule has 2 aromatic heterocycles. The van der Waals surface area contributed by atoms with Crippen molar-refractivity contribution in [3.8, 4) is 5.75 Å². The van der Waals surface area contributed by atoms with E-state index in [9.17, 15) is 9.90 Å². The highest BCUT2D eigenvalue weighted by atomic mass is 16.5. The fraction of sp³-hybridized carbons (Fsp3) is 0.353. The summed E-state index contributed by atoms with van der Waals surface area (Å²) in [6, 6.07) is 6.91. The van der Waals surface area contributed by atoms with Gasteiger partial charge in [-0.15, -0.1) is 0 Å². The molecule has 0 unspecified atom stereocenters. The zero-order valence-electron chi connectivity index (χ0n) is 12.8.